The van der Waals surface area contributed by atoms with E-state index in [1.807, 2.05) is 6.92 Å². The summed E-state index contributed by atoms with van der Waals surface area (Å²) in [5.74, 6) is -0.202. The van der Waals surface area contributed by atoms with Gasteiger partial charge in [0.1, 0.15) is 5.75 Å². The van der Waals surface area contributed by atoms with E-state index in [4.69, 9.17) is 4.74 Å². The molecule has 5 nitrogen and oxygen atoms in total. The first kappa shape index (κ1) is 12.0. The summed E-state index contributed by atoms with van der Waals surface area (Å²) in [6.45, 7) is 1.84. The summed E-state index contributed by atoms with van der Waals surface area (Å²) in [5, 5.41) is 9.23. The van der Waals surface area contributed by atoms with Gasteiger partial charge in [0.25, 0.3) is 0 Å². The number of aryl methyl sites for hydroxylation is 1. The molecule has 0 radical (unpaired) electrons. The molecular formula is C13H12N2O3. The van der Waals surface area contributed by atoms with Crippen LogP contribution in [0, 0.1) is 6.92 Å². The largest absolute Gasteiger partial charge is 0.496 e. The van der Waals surface area contributed by atoms with E-state index in [1.165, 1.54) is 13.2 Å². The van der Waals surface area contributed by atoms with Crippen molar-refractivity contribution < 1.29 is 14.6 Å². The number of aromatic nitrogens is 2. The van der Waals surface area contributed by atoms with Gasteiger partial charge in [-0.1, -0.05) is 6.07 Å². The maximum atomic E-state index is 11.3. The minimum Gasteiger partial charge on any atom is -0.496 e. The highest BCUT2D eigenvalue weighted by atomic mass is 16.5. The van der Waals surface area contributed by atoms with Crippen molar-refractivity contribution in [2.45, 2.75) is 6.92 Å². The van der Waals surface area contributed by atoms with E-state index in [1.54, 1.807) is 24.5 Å². The van der Waals surface area contributed by atoms with Crippen LogP contribution in [0.25, 0.3) is 11.4 Å². The van der Waals surface area contributed by atoms with Crippen molar-refractivity contribution in [1.82, 2.24) is 9.97 Å². The first-order valence-corrected chi connectivity index (χ1v) is 5.33. The van der Waals surface area contributed by atoms with Gasteiger partial charge in [-0.25, -0.2) is 14.8 Å². The molecule has 2 aromatic rings. The fourth-order valence-corrected chi connectivity index (χ4v) is 1.78. The van der Waals surface area contributed by atoms with Gasteiger partial charge in [-0.15, -0.1) is 0 Å². The first-order valence-electron chi connectivity index (χ1n) is 5.33. The zero-order valence-electron chi connectivity index (χ0n) is 10.0. The Labute approximate surface area is 104 Å². The van der Waals surface area contributed by atoms with Crippen LogP contribution in [0.4, 0.5) is 0 Å². The average Bonchev–Trinajstić information content (AvgIpc) is 2.39. The lowest BCUT2D eigenvalue weighted by Gasteiger charge is -2.12. The number of hydrogen-bond donors (Lipinski definition) is 1. The van der Waals surface area contributed by atoms with E-state index in [-0.39, 0.29) is 5.56 Å². The normalized spacial score (nSPS) is 10.1. The monoisotopic (exact) mass is 244 g/mol. The summed E-state index contributed by atoms with van der Waals surface area (Å²) in [6, 6.07) is 4.91. The van der Waals surface area contributed by atoms with Crippen LogP contribution in [0.2, 0.25) is 0 Å². The quantitative estimate of drug-likeness (QED) is 0.895. The van der Waals surface area contributed by atoms with Crippen molar-refractivity contribution in [3.8, 4) is 17.1 Å². The molecule has 1 N–H and O–H groups in total. The summed E-state index contributed by atoms with van der Waals surface area (Å²) >= 11 is 0. The van der Waals surface area contributed by atoms with Gasteiger partial charge < -0.3 is 9.84 Å². The second-order valence-electron chi connectivity index (χ2n) is 3.72. The van der Waals surface area contributed by atoms with Crippen LogP contribution in [0.1, 0.15) is 15.9 Å². The van der Waals surface area contributed by atoms with Crippen LogP contribution in [0.3, 0.4) is 0 Å². The highest BCUT2D eigenvalue weighted by Crippen LogP contribution is 2.33. The minimum atomic E-state index is -1.03. The second-order valence-corrected chi connectivity index (χ2v) is 3.72. The molecule has 0 aliphatic heterocycles. The van der Waals surface area contributed by atoms with Gasteiger partial charge in [0.15, 0.2) is 5.82 Å². The van der Waals surface area contributed by atoms with Gasteiger partial charge >= 0.3 is 5.97 Å². The molecule has 1 aromatic heterocycles. The predicted molar refractivity (Wildman–Crippen MR) is 65.7 cm³/mol. The Kier molecular flexibility index (Phi) is 3.23. The molecular weight excluding hydrogens is 232 g/mol. The molecule has 0 unspecified atom stereocenters. The van der Waals surface area contributed by atoms with Crippen LogP contribution >= 0.6 is 0 Å². The van der Waals surface area contributed by atoms with Crippen LogP contribution in [0.5, 0.6) is 5.75 Å². The Balaban J connectivity index is 2.77. The van der Waals surface area contributed by atoms with E-state index < -0.39 is 5.97 Å². The summed E-state index contributed by atoms with van der Waals surface area (Å²) < 4.78 is 5.28. The maximum absolute atomic E-state index is 11.3. The second kappa shape index (κ2) is 4.83. The first-order chi connectivity index (χ1) is 8.65. The molecule has 92 valence electrons. The van der Waals surface area contributed by atoms with Crippen LogP contribution in [0.15, 0.2) is 30.6 Å². The van der Waals surface area contributed by atoms with E-state index >= 15 is 0 Å². The summed E-state index contributed by atoms with van der Waals surface area (Å²) in [5.41, 5.74) is 1.37. The van der Waals surface area contributed by atoms with E-state index in [0.717, 1.165) is 5.56 Å². The van der Waals surface area contributed by atoms with Crippen LogP contribution in [-0.4, -0.2) is 28.2 Å². The molecule has 1 heterocycles. The predicted octanol–water partition coefficient (Wildman–Crippen LogP) is 2.16. The van der Waals surface area contributed by atoms with Crippen molar-refractivity contribution in [3.05, 3.63) is 41.7 Å². The third kappa shape index (κ3) is 2.02. The standard InChI is InChI=1S/C13H12N2O3/c1-8-4-5-9(13(16)17)10(11(8)18-2)12-14-6-3-7-15-12/h3-7H,1-2H3,(H,16,17). The number of aromatic carboxylic acids is 1. The third-order valence-electron chi connectivity index (χ3n) is 2.58. The molecule has 0 saturated carbocycles. The van der Waals surface area contributed by atoms with Gasteiger partial charge in [0.05, 0.1) is 18.2 Å². The molecule has 0 aliphatic rings. The Hall–Kier alpha value is -2.43. The van der Waals surface area contributed by atoms with E-state index in [0.29, 0.717) is 17.1 Å². The fourth-order valence-electron chi connectivity index (χ4n) is 1.78. The summed E-state index contributed by atoms with van der Waals surface area (Å²) in [6.07, 6.45) is 3.13. The molecule has 0 saturated heterocycles. The lowest BCUT2D eigenvalue weighted by atomic mass is 10.0. The summed E-state index contributed by atoms with van der Waals surface area (Å²) in [7, 11) is 1.50. The molecule has 18 heavy (non-hydrogen) atoms. The molecule has 1 aromatic carbocycles. The zero-order valence-corrected chi connectivity index (χ0v) is 10.0. The van der Waals surface area contributed by atoms with Gasteiger partial charge in [-0.2, -0.15) is 0 Å². The number of hydrogen-bond acceptors (Lipinski definition) is 4. The van der Waals surface area contributed by atoms with Gasteiger partial charge in [0, 0.05) is 12.4 Å². The lowest BCUT2D eigenvalue weighted by Crippen LogP contribution is -2.04. The van der Waals surface area contributed by atoms with Gasteiger partial charge in [0.2, 0.25) is 0 Å². The van der Waals surface area contributed by atoms with Gasteiger partial charge in [-0.3, -0.25) is 0 Å². The van der Waals surface area contributed by atoms with Crippen molar-refractivity contribution in [1.29, 1.82) is 0 Å². The van der Waals surface area contributed by atoms with Crippen LogP contribution < -0.4 is 4.74 Å². The van der Waals surface area contributed by atoms with Crippen molar-refractivity contribution >= 4 is 5.97 Å². The number of nitrogens with zero attached hydrogens (tertiary/aromatic N) is 2. The van der Waals surface area contributed by atoms with Gasteiger partial charge in [-0.05, 0) is 24.6 Å². The highest BCUT2D eigenvalue weighted by molar-refractivity contribution is 5.97. The van der Waals surface area contributed by atoms with Crippen molar-refractivity contribution in [2.24, 2.45) is 0 Å². The Morgan fingerprint density at radius 3 is 2.50 bits per heavy atom. The van der Waals surface area contributed by atoms with Crippen molar-refractivity contribution in [3.63, 3.8) is 0 Å². The highest BCUT2D eigenvalue weighted by Gasteiger charge is 2.20. The minimum absolute atomic E-state index is 0.128. The van der Waals surface area contributed by atoms with E-state index in [9.17, 15) is 9.90 Å². The lowest BCUT2D eigenvalue weighted by molar-refractivity contribution is 0.0697. The molecule has 0 aliphatic carbocycles. The molecule has 0 atom stereocenters. The smallest absolute Gasteiger partial charge is 0.336 e. The number of benzene rings is 1. The molecule has 0 fully saturated rings. The Morgan fingerprint density at radius 1 is 1.28 bits per heavy atom. The number of methoxy groups -OCH3 is 1. The molecule has 0 amide bonds. The van der Waals surface area contributed by atoms with Crippen molar-refractivity contribution in [2.75, 3.05) is 7.11 Å². The SMILES string of the molecule is COc1c(C)ccc(C(=O)O)c1-c1ncccn1. The number of carbonyl (C=O) groups is 1. The number of ether oxygens (including phenoxy) is 1. The Morgan fingerprint density at radius 2 is 1.94 bits per heavy atom. The maximum Gasteiger partial charge on any atom is 0.336 e. The molecule has 5 heteroatoms. The van der Waals surface area contributed by atoms with E-state index in [2.05, 4.69) is 9.97 Å². The molecule has 0 bridgehead atoms. The Bertz CT molecular complexity index is 582. The molecule has 2 rings (SSSR count). The number of rotatable bonds is 3. The average molecular weight is 244 g/mol. The zero-order chi connectivity index (χ0) is 13.1. The fraction of sp³-hybridized carbons (Fsp3) is 0.154. The molecule has 0 spiro atoms. The summed E-state index contributed by atoms with van der Waals surface area (Å²) in [4.78, 5) is 19.4. The number of carboxylic acids is 1. The van der Waals surface area contributed by atoms with Crippen LogP contribution in [-0.2, 0) is 0 Å². The third-order valence-corrected chi connectivity index (χ3v) is 2.58. The topological polar surface area (TPSA) is 72.3 Å². The number of carboxylic acid groups (broad SMARTS) is 1.